The standard InChI is InChI=1S/C25H32N2O2/c1-20-13-7-9-15-23(20)25(29)26-17-11-5-3-4-6-12-18-27(21(2)28)24-16-10-8-14-22(24)19-26/h7-10,13-16H,3-6,11-12,17-19H2,1-2H3. The number of rotatable bonds is 1. The summed E-state index contributed by atoms with van der Waals surface area (Å²) >= 11 is 0. The number of nitrogens with zero attached hydrogens (tertiary/aromatic N) is 2. The van der Waals surface area contributed by atoms with E-state index in [0.717, 1.165) is 61.2 Å². The van der Waals surface area contributed by atoms with Gasteiger partial charge in [-0.15, -0.1) is 0 Å². The summed E-state index contributed by atoms with van der Waals surface area (Å²) in [5.74, 6) is 0.131. The average molecular weight is 393 g/mol. The molecule has 2 aromatic carbocycles. The van der Waals surface area contributed by atoms with E-state index in [-0.39, 0.29) is 11.8 Å². The zero-order valence-corrected chi connectivity index (χ0v) is 17.7. The van der Waals surface area contributed by atoms with Crippen LogP contribution in [-0.4, -0.2) is 29.8 Å². The minimum absolute atomic E-state index is 0.0594. The summed E-state index contributed by atoms with van der Waals surface area (Å²) in [6.45, 7) is 5.61. The van der Waals surface area contributed by atoms with E-state index < -0.39 is 0 Å². The Morgan fingerprint density at radius 3 is 2.14 bits per heavy atom. The third-order valence-electron chi connectivity index (χ3n) is 5.75. The number of carbonyl (C=O) groups excluding carboxylic acids is 2. The zero-order chi connectivity index (χ0) is 20.6. The van der Waals surface area contributed by atoms with Crippen LogP contribution in [0.25, 0.3) is 0 Å². The molecule has 3 rings (SSSR count). The normalized spacial score (nSPS) is 16.2. The quantitative estimate of drug-likeness (QED) is 0.657. The Bertz CT molecular complexity index is 846. The van der Waals surface area contributed by atoms with E-state index in [1.807, 2.05) is 65.3 Å². The van der Waals surface area contributed by atoms with E-state index in [0.29, 0.717) is 6.54 Å². The third-order valence-corrected chi connectivity index (χ3v) is 5.75. The van der Waals surface area contributed by atoms with Crippen LogP contribution in [0.2, 0.25) is 0 Å². The van der Waals surface area contributed by atoms with Crippen LogP contribution in [0.1, 0.15) is 66.9 Å². The Labute approximate surface area is 174 Å². The van der Waals surface area contributed by atoms with Gasteiger partial charge in [-0.25, -0.2) is 0 Å². The van der Waals surface area contributed by atoms with Crippen LogP contribution >= 0.6 is 0 Å². The minimum atomic E-state index is 0.0594. The van der Waals surface area contributed by atoms with E-state index in [1.54, 1.807) is 6.92 Å². The van der Waals surface area contributed by atoms with Crippen molar-refractivity contribution in [2.75, 3.05) is 18.0 Å². The van der Waals surface area contributed by atoms with Crippen LogP contribution in [0.4, 0.5) is 5.69 Å². The number of para-hydroxylation sites is 1. The maximum absolute atomic E-state index is 13.4. The molecular weight excluding hydrogens is 360 g/mol. The summed E-state index contributed by atoms with van der Waals surface area (Å²) in [5.41, 5.74) is 3.72. The summed E-state index contributed by atoms with van der Waals surface area (Å²) in [6.07, 6.45) is 6.65. The van der Waals surface area contributed by atoms with Gasteiger partial charge in [-0.05, 0) is 43.0 Å². The average Bonchev–Trinajstić information content (AvgIpc) is 2.73. The van der Waals surface area contributed by atoms with Crippen molar-refractivity contribution in [3.63, 3.8) is 0 Å². The lowest BCUT2D eigenvalue weighted by molar-refractivity contribution is -0.116. The maximum Gasteiger partial charge on any atom is 0.254 e. The van der Waals surface area contributed by atoms with Crippen molar-refractivity contribution in [2.24, 2.45) is 0 Å². The van der Waals surface area contributed by atoms with Crippen LogP contribution in [0.15, 0.2) is 48.5 Å². The zero-order valence-electron chi connectivity index (χ0n) is 17.7. The topological polar surface area (TPSA) is 40.6 Å². The fourth-order valence-corrected chi connectivity index (χ4v) is 4.08. The van der Waals surface area contributed by atoms with Gasteiger partial charge in [0, 0.05) is 37.8 Å². The van der Waals surface area contributed by atoms with Gasteiger partial charge in [0.05, 0.1) is 0 Å². The molecule has 0 saturated heterocycles. The van der Waals surface area contributed by atoms with E-state index in [9.17, 15) is 9.59 Å². The first kappa shape index (κ1) is 21.1. The molecule has 1 heterocycles. The van der Waals surface area contributed by atoms with Crippen LogP contribution in [0.5, 0.6) is 0 Å². The van der Waals surface area contributed by atoms with Crippen molar-refractivity contribution in [1.29, 1.82) is 0 Å². The molecule has 0 aromatic heterocycles. The summed E-state index contributed by atoms with van der Waals surface area (Å²) in [4.78, 5) is 29.6. The highest BCUT2D eigenvalue weighted by molar-refractivity contribution is 5.96. The fourth-order valence-electron chi connectivity index (χ4n) is 4.08. The Hall–Kier alpha value is -2.62. The highest BCUT2D eigenvalue weighted by atomic mass is 16.2. The largest absolute Gasteiger partial charge is 0.334 e. The molecule has 0 unspecified atom stereocenters. The minimum Gasteiger partial charge on any atom is -0.334 e. The van der Waals surface area contributed by atoms with Gasteiger partial charge in [0.25, 0.3) is 5.91 Å². The maximum atomic E-state index is 13.4. The summed E-state index contributed by atoms with van der Waals surface area (Å²) in [7, 11) is 0. The number of aryl methyl sites for hydroxylation is 1. The van der Waals surface area contributed by atoms with E-state index in [1.165, 1.54) is 12.8 Å². The third kappa shape index (κ3) is 5.47. The van der Waals surface area contributed by atoms with Crippen LogP contribution in [0, 0.1) is 6.92 Å². The summed E-state index contributed by atoms with van der Waals surface area (Å²) in [5, 5.41) is 0. The van der Waals surface area contributed by atoms with Gasteiger partial charge in [-0.1, -0.05) is 62.1 Å². The molecule has 0 atom stereocenters. The van der Waals surface area contributed by atoms with Crippen LogP contribution < -0.4 is 4.90 Å². The molecular formula is C25H32N2O2. The number of benzene rings is 2. The summed E-state index contributed by atoms with van der Waals surface area (Å²) < 4.78 is 0. The monoisotopic (exact) mass is 392 g/mol. The molecule has 4 nitrogen and oxygen atoms in total. The second kappa shape index (κ2) is 10.2. The van der Waals surface area contributed by atoms with Crippen molar-refractivity contribution in [2.45, 2.75) is 58.9 Å². The Morgan fingerprint density at radius 1 is 0.793 bits per heavy atom. The Kier molecular flexibility index (Phi) is 7.45. The lowest BCUT2D eigenvalue weighted by Gasteiger charge is -2.28. The molecule has 0 aliphatic carbocycles. The van der Waals surface area contributed by atoms with Crippen LogP contribution in [0.3, 0.4) is 0 Å². The molecule has 29 heavy (non-hydrogen) atoms. The fraction of sp³-hybridized carbons (Fsp3) is 0.440. The van der Waals surface area contributed by atoms with Gasteiger partial charge >= 0.3 is 0 Å². The molecule has 0 spiro atoms. The van der Waals surface area contributed by atoms with Crippen LogP contribution in [-0.2, 0) is 11.3 Å². The van der Waals surface area contributed by atoms with Gasteiger partial charge in [0.15, 0.2) is 0 Å². The highest BCUT2D eigenvalue weighted by Gasteiger charge is 2.21. The predicted octanol–water partition coefficient (Wildman–Crippen LogP) is 5.34. The Balaban J connectivity index is 1.95. The van der Waals surface area contributed by atoms with Crippen molar-refractivity contribution in [1.82, 2.24) is 4.90 Å². The molecule has 0 fully saturated rings. The first-order chi connectivity index (χ1) is 14.1. The SMILES string of the molecule is CC(=O)N1CCCCCCCCN(C(=O)c2ccccc2C)Cc2ccccc21. The molecule has 0 saturated carbocycles. The molecule has 1 aliphatic rings. The molecule has 2 amide bonds. The number of hydrogen-bond donors (Lipinski definition) is 0. The summed E-state index contributed by atoms with van der Waals surface area (Å²) in [6, 6.07) is 15.8. The lowest BCUT2D eigenvalue weighted by atomic mass is 10.1. The van der Waals surface area contributed by atoms with Crippen molar-refractivity contribution in [3.05, 3.63) is 65.2 Å². The number of amides is 2. The molecule has 0 radical (unpaired) electrons. The number of carbonyl (C=O) groups is 2. The molecule has 0 N–H and O–H groups in total. The predicted molar refractivity (Wildman–Crippen MR) is 118 cm³/mol. The van der Waals surface area contributed by atoms with Gasteiger partial charge < -0.3 is 9.80 Å². The molecule has 4 heteroatoms. The molecule has 1 aliphatic heterocycles. The van der Waals surface area contributed by atoms with Crippen molar-refractivity contribution in [3.8, 4) is 0 Å². The van der Waals surface area contributed by atoms with Crippen molar-refractivity contribution >= 4 is 17.5 Å². The highest BCUT2D eigenvalue weighted by Crippen LogP contribution is 2.25. The first-order valence-corrected chi connectivity index (χ1v) is 10.8. The molecule has 154 valence electrons. The lowest BCUT2D eigenvalue weighted by Crippen LogP contribution is -2.34. The number of fused-ring (bicyclic) bond motifs is 1. The van der Waals surface area contributed by atoms with Gasteiger partial charge in [0.1, 0.15) is 0 Å². The van der Waals surface area contributed by atoms with E-state index in [4.69, 9.17) is 0 Å². The van der Waals surface area contributed by atoms with Gasteiger partial charge in [-0.3, -0.25) is 9.59 Å². The van der Waals surface area contributed by atoms with Gasteiger partial charge in [-0.2, -0.15) is 0 Å². The smallest absolute Gasteiger partial charge is 0.254 e. The second-order valence-electron chi connectivity index (χ2n) is 7.96. The van der Waals surface area contributed by atoms with E-state index in [2.05, 4.69) is 0 Å². The number of hydrogen-bond acceptors (Lipinski definition) is 2. The van der Waals surface area contributed by atoms with Gasteiger partial charge in [0.2, 0.25) is 5.91 Å². The van der Waals surface area contributed by atoms with E-state index >= 15 is 0 Å². The first-order valence-electron chi connectivity index (χ1n) is 10.8. The number of anilines is 1. The Morgan fingerprint density at radius 2 is 1.41 bits per heavy atom. The van der Waals surface area contributed by atoms with Crippen molar-refractivity contribution < 1.29 is 9.59 Å². The molecule has 0 bridgehead atoms. The second-order valence-corrected chi connectivity index (χ2v) is 7.96. The molecule has 2 aromatic rings.